The average Bonchev–Trinajstić information content (AvgIpc) is 2.67. The van der Waals surface area contributed by atoms with E-state index in [-0.39, 0.29) is 0 Å². The fourth-order valence-corrected chi connectivity index (χ4v) is 4.86. The van der Waals surface area contributed by atoms with Crippen LogP contribution in [0.4, 0.5) is 0 Å². The van der Waals surface area contributed by atoms with Crippen LogP contribution in [0.15, 0.2) is 28.7 Å². The first-order chi connectivity index (χ1) is 12.2. The molecule has 0 saturated heterocycles. The Morgan fingerprint density at radius 3 is 2.08 bits per heavy atom. The summed E-state index contributed by atoms with van der Waals surface area (Å²) in [5.41, 5.74) is 0. The number of aliphatic hydroxyl groups is 1. The summed E-state index contributed by atoms with van der Waals surface area (Å²) >= 11 is 3.51. The number of benzene rings is 1. The van der Waals surface area contributed by atoms with Gasteiger partial charge in [-0.1, -0.05) is 50.7 Å². The normalized spacial score (nSPS) is 21.4. The maximum Gasteiger partial charge on any atom is 0.133 e. The second-order valence-corrected chi connectivity index (χ2v) is 8.53. The molecule has 1 unspecified atom stereocenters. The standard InChI is InChI=1S/C21H32BrNO2/c22-20-13-7-8-14-21(20)25-16-19(24)15-23(17-9-3-1-4-10-17)18-11-5-2-6-12-18/h7-8,13-14,17-19,24H,1-6,9-12,15-16H2. The molecule has 0 spiro atoms. The number of nitrogens with zero attached hydrogens (tertiary/aromatic N) is 1. The average molecular weight is 410 g/mol. The summed E-state index contributed by atoms with van der Waals surface area (Å²) in [4.78, 5) is 2.65. The van der Waals surface area contributed by atoms with Crippen molar-refractivity contribution in [1.29, 1.82) is 0 Å². The lowest BCUT2D eigenvalue weighted by atomic mass is 9.88. The van der Waals surface area contributed by atoms with E-state index in [0.717, 1.165) is 16.8 Å². The maximum absolute atomic E-state index is 10.7. The fourth-order valence-electron chi connectivity index (χ4n) is 4.47. The molecule has 2 fully saturated rings. The van der Waals surface area contributed by atoms with Crippen LogP contribution in [0.2, 0.25) is 0 Å². The van der Waals surface area contributed by atoms with Gasteiger partial charge >= 0.3 is 0 Å². The molecule has 0 radical (unpaired) electrons. The molecule has 4 heteroatoms. The molecule has 0 amide bonds. The van der Waals surface area contributed by atoms with Crippen LogP contribution in [-0.2, 0) is 0 Å². The molecule has 3 nitrogen and oxygen atoms in total. The van der Waals surface area contributed by atoms with Gasteiger partial charge in [0.05, 0.1) is 4.47 Å². The number of rotatable bonds is 7. The van der Waals surface area contributed by atoms with Crippen molar-refractivity contribution in [3.8, 4) is 5.75 Å². The van der Waals surface area contributed by atoms with E-state index < -0.39 is 6.10 Å². The summed E-state index contributed by atoms with van der Waals surface area (Å²) in [6, 6.07) is 9.17. The van der Waals surface area contributed by atoms with Crippen LogP contribution in [0.1, 0.15) is 64.2 Å². The lowest BCUT2D eigenvalue weighted by molar-refractivity contribution is 0.0116. The van der Waals surface area contributed by atoms with Gasteiger partial charge in [-0.3, -0.25) is 4.90 Å². The monoisotopic (exact) mass is 409 g/mol. The Hall–Kier alpha value is -0.580. The van der Waals surface area contributed by atoms with Crippen LogP contribution in [0.25, 0.3) is 0 Å². The minimum atomic E-state index is -0.434. The van der Waals surface area contributed by atoms with Crippen LogP contribution >= 0.6 is 15.9 Å². The van der Waals surface area contributed by atoms with E-state index in [0.29, 0.717) is 18.7 Å². The molecule has 2 saturated carbocycles. The van der Waals surface area contributed by atoms with E-state index in [9.17, 15) is 5.11 Å². The van der Waals surface area contributed by atoms with Crippen molar-refractivity contribution >= 4 is 15.9 Å². The van der Waals surface area contributed by atoms with Gasteiger partial charge in [0.15, 0.2) is 0 Å². The summed E-state index contributed by atoms with van der Waals surface area (Å²) in [5.74, 6) is 0.809. The molecule has 0 aromatic heterocycles. The first kappa shape index (κ1) is 19.2. The molecule has 0 heterocycles. The Morgan fingerprint density at radius 2 is 1.52 bits per heavy atom. The molecule has 1 N–H and O–H groups in total. The van der Waals surface area contributed by atoms with Gasteiger partial charge in [-0.05, 0) is 53.7 Å². The van der Waals surface area contributed by atoms with Gasteiger partial charge in [0.25, 0.3) is 0 Å². The van der Waals surface area contributed by atoms with Crippen LogP contribution in [0.3, 0.4) is 0 Å². The fraction of sp³-hybridized carbons (Fsp3) is 0.714. The molecular weight excluding hydrogens is 378 g/mol. The lowest BCUT2D eigenvalue weighted by Crippen LogP contribution is -2.49. The largest absolute Gasteiger partial charge is 0.490 e. The Morgan fingerprint density at radius 1 is 0.960 bits per heavy atom. The predicted octanol–water partition coefficient (Wildman–Crippen LogP) is 5.16. The summed E-state index contributed by atoms with van der Waals surface area (Å²) in [5, 5.41) is 10.7. The number of hydrogen-bond donors (Lipinski definition) is 1. The molecule has 1 atom stereocenters. The van der Waals surface area contributed by atoms with Gasteiger partial charge in [-0.2, -0.15) is 0 Å². The molecule has 2 aliphatic carbocycles. The van der Waals surface area contributed by atoms with Gasteiger partial charge in [-0.25, -0.2) is 0 Å². The predicted molar refractivity (Wildman–Crippen MR) is 106 cm³/mol. The highest BCUT2D eigenvalue weighted by Gasteiger charge is 2.30. The van der Waals surface area contributed by atoms with Crippen molar-refractivity contribution in [3.63, 3.8) is 0 Å². The number of halogens is 1. The zero-order valence-electron chi connectivity index (χ0n) is 15.2. The van der Waals surface area contributed by atoms with E-state index in [1.807, 2.05) is 24.3 Å². The Labute approximate surface area is 160 Å². The maximum atomic E-state index is 10.7. The third-order valence-electron chi connectivity index (χ3n) is 5.78. The molecule has 1 aromatic carbocycles. The van der Waals surface area contributed by atoms with Crippen molar-refractivity contribution in [2.45, 2.75) is 82.4 Å². The lowest BCUT2D eigenvalue weighted by Gasteiger charge is -2.42. The third kappa shape index (κ3) is 5.70. The van der Waals surface area contributed by atoms with Crippen molar-refractivity contribution in [1.82, 2.24) is 4.90 Å². The van der Waals surface area contributed by atoms with Crippen molar-refractivity contribution in [2.75, 3.05) is 13.2 Å². The van der Waals surface area contributed by atoms with Gasteiger partial charge in [-0.15, -0.1) is 0 Å². The highest BCUT2D eigenvalue weighted by Crippen LogP contribution is 2.30. The first-order valence-corrected chi connectivity index (χ1v) is 10.8. The first-order valence-electron chi connectivity index (χ1n) is 10.0. The number of aliphatic hydroxyl groups excluding tert-OH is 1. The molecule has 1 aromatic rings. The zero-order valence-corrected chi connectivity index (χ0v) is 16.8. The SMILES string of the molecule is OC(COc1ccccc1Br)CN(C1CCCCC1)C1CCCCC1. The molecule has 0 bridgehead atoms. The Kier molecular flexibility index (Phi) is 7.63. The van der Waals surface area contributed by atoms with Crippen molar-refractivity contribution in [3.05, 3.63) is 28.7 Å². The smallest absolute Gasteiger partial charge is 0.133 e. The van der Waals surface area contributed by atoms with E-state index in [4.69, 9.17) is 4.74 Å². The number of ether oxygens (including phenoxy) is 1. The Bertz CT molecular complexity index is 494. The van der Waals surface area contributed by atoms with Gasteiger partial charge in [0, 0.05) is 18.6 Å². The van der Waals surface area contributed by atoms with Crippen molar-refractivity contribution < 1.29 is 9.84 Å². The number of para-hydroxylation sites is 1. The van der Waals surface area contributed by atoms with Gasteiger partial charge in [0.1, 0.15) is 18.5 Å². The van der Waals surface area contributed by atoms with E-state index >= 15 is 0 Å². The van der Waals surface area contributed by atoms with E-state index in [2.05, 4.69) is 20.8 Å². The second-order valence-electron chi connectivity index (χ2n) is 7.68. The zero-order chi connectivity index (χ0) is 17.5. The minimum absolute atomic E-state index is 0.360. The van der Waals surface area contributed by atoms with Crippen LogP contribution < -0.4 is 4.74 Å². The summed E-state index contributed by atoms with van der Waals surface area (Å²) in [6.07, 6.45) is 12.9. The molecule has 0 aliphatic heterocycles. The molecule has 3 rings (SSSR count). The van der Waals surface area contributed by atoms with Crippen LogP contribution in [-0.4, -0.2) is 41.3 Å². The van der Waals surface area contributed by atoms with E-state index in [1.54, 1.807) is 0 Å². The van der Waals surface area contributed by atoms with Crippen LogP contribution in [0.5, 0.6) is 5.75 Å². The number of hydrogen-bond acceptors (Lipinski definition) is 3. The quantitative estimate of drug-likeness (QED) is 0.674. The highest BCUT2D eigenvalue weighted by molar-refractivity contribution is 9.10. The minimum Gasteiger partial charge on any atom is -0.490 e. The van der Waals surface area contributed by atoms with Gasteiger partial charge < -0.3 is 9.84 Å². The topological polar surface area (TPSA) is 32.7 Å². The second kappa shape index (κ2) is 9.94. The summed E-state index contributed by atoms with van der Waals surface area (Å²) in [6.45, 7) is 1.11. The third-order valence-corrected chi connectivity index (χ3v) is 6.43. The van der Waals surface area contributed by atoms with Crippen molar-refractivity contribution in [2.24, 2.45) is 0 Å². The van der Waals surface area contributed by atoms with Crippen LogP contribution in [0, 0.1) is 0 Å². The molecular formula is C21H32BrNO2. The van der Waals surface area contributed by atoms with Gasteiger partial charge in [0.2, 0.25) is 0 Å². The molecule has 2 aliphatic rings. The van der Waals surface area contributed by atoms with E-state index in [1.165, 1.54) is 64.2 Å². The molecule has 140 valence electrons. The highest BCUT2D eigenvalue weighted by atomic mass is 79.9. The summed E-state index contributed by atoms with van der Waals surface area (Å²) < 4.78 is 6.79. The molecule has 25 heavy (non-hydrogen) atoms. The summed E-state index contributed by atoms with van der Waals surface area (Å²) in [7, 11) is 0. The Balaban J connectivity index is 1.57.